The van der Waals surface area contributed by atoms with E-state index in [0.717, 1.165) is 0 Å². The number of hydrogen-bond acceptors (Lipinski definition) is 6. The second kappa shape index (κ2) is 3.28. The number of nitrogens with one attached hydrogen (secondary N) is 2. The lowest BCUT2D eigenvalue weighted by Crippen LogP contribution is -2.39. The van der Waals surface area contributed by atoms with Crippen molar-refractivity contribution in [1.82, 2.24) is 11.1 Å². The second-order valence-electron chi connectivity index (χ2n) is 0.561. The largest absolute Gasteiger partial charge is 0.313 e. The Morgan fingerprint density at radius 2 is 2.43 bits per heavy atom. The Bertz CT molecular complexity index is 60.0. The van der Waals surface area contributed by atoms with Crippen LogP contribution in [0.25, 0.3) is 0 Å². The Labute approximate surface area is 38.4 Å². The number of hydrazine groups is 2. The van der Waals surface area contributed by atoms with Gasteiger partial charge >= 0.3 is 5.09 Å². The smallest absolute Gasteiger partial charge is 0.256 e. The molecule has 7 nitrogen and oxygen atoms in total. The summed E-state index contributed by atoms with van der Waals surface area (Å²) in [5, 5.41) is 8.14. The van der Waals surface area contributed by atoms with Gasteiger partial charge in [-0.25, -0.2) is 4.94 Å². The Morgan fingerprint density at radius 3 is 2.57 bits per heavy atom. The summed E-state index contributed by atoms with van der Waals surface area (Å²) in [6.45, 7) is 0. The molecule has 0 aromatic heterocycles. The summed E-state index contributed by atoms with van der Waals surface area (Å²) < 4.78 is 0. The van der Waals surface area contributed by atoms with Gasteiger partial charge < -0.3 is 0 Å². The van der Waals surface area contributed by atoms with Crippen molar-refractivity contribution in [1.29, 1.82) is 0 Å². The first-order chi connectivity index (χ1) is 3.27. The molecule has 0 aromatic rings. The van der Waals surface area contributed by atoms with Crippen molar-refractivity contribution in [3.63, 3.8) is 0 Å². The SMILES string of the molecule is NNNO[N+](=O)[O-]. The fourth-order valence-corrected chi connectivity index (χ4v) is 0.0636. The van der Waals surface area contributed by atoms with E-state index in [1.165, 1.54) is 0 Å². The van der Waals surface area contributed by atoms with Crippen molar-refractivity contribution in [3.05, 3.63) is 10.1 Å². The minimum atomic E-state index is -1.04. The highest BCUT2D eigenvalue weighted by molar-refractivity contribution is 3.88. The van der Waals surface area contributed by atoms with E-state index in [9.17, 15) is 10.1 Å². The molecule has 0 aliphatic carbocycles. The first kappa shape index (κ1) is 6.08. The summed E-state index contributed by atoms with van der Waals surface area (Å²) in [5.74, 6) is 4.49. The maximum Gasteiger partial charge on any atom is 0.313 e. The summed E-state index contributed by atoms with van der Waals surface area (Å²) in [5.41, 5.74) is 3.26. The summed E-state index contributed by atoms with van der Waals surface area (Å²) >= 11 is 0. The van der Waals surface area contributed by atoms with Crippen LogP contribution in [0.15, 0.2) is 0 Å². The monoisotopic (exact) mass is 108 g/mol. The van der Waals surface area contributed by atoms with Gasteiger partial charge in [0.1, 0.15) is 0 Å². The maximum atomic E-state index is 9.18. The molecule has 0 bridgehead atoms. The molecule has 0 heterocycles. The van der Waals surface area contributed by atoms with Crippen LogP contribution in [0.4, 0.5) is 0 Å². The highest BCUT2D eigenvalue weighted by Crippen LogP contribution is 1.57. The van der Waals surface area contributed by atoms with Gasteiger partial charge in [0.15, 0.2) is 0 Å². The molecular weight excluding hydrogens is 104 g/mol. The molecule has 7 heavy (non-hydrogen) atoms. The molecule has 0 amide bonds. The molecule has 0 aliphatic rings. The second-order valence-corrected chi connectivity index (χ2v) is 0.561. The molecule has 0 unspecified atom stereocenters. The van der Waals surface area contributed by atoms with Crippen molar-refractivity contribution in [2.45, 2.75) is 0 Å². The topological polar surface area (TPSA) is 102 Å². The van der Waals surface area contributed by atoms with E-state index < -0.39 is 5.09 Å². The molecule has 0 aliphatic heterocycles. The molecule has 42 valence electrons. The molecule has 0 aromatic carbocycles. The average molecular weight is 108 g/mol. The van der Waals surface area contributed by atoms with Crippen LogP contribution in [-0.4, -0.2) is 5.09 Å². The van der Waals surface area contributed by atoms with Crippen molar-refractivity contribution < 1.29 is 10.0 Å². The number of nitrogens with two attached hydrogens (primary N) is 1. The predicted molar refractivity (Wildman–Crippen MR) is 18.5 cm³/mol. The first-order valence-corrected chi connectivity index (χ1v) is 1.29. The van der Waals surface area contributed by atoms with Gasteiger partial charge in [-0.2, -0.15) is 5.53 Å². The highest BCUT2D eigenvalue weighted by atomic mass is 17.0. The third-order valence-corrected chi connectivity index (χ3v) is 0.179. The standard InChI is InChI=1S/H4N4O3/c1-2-3-7-4(5)6/h2-3H,1H2. The third kappa shape index (κ3) is 5.08. The summed E-state index contributed by atoms with van der Waals surface area (Å²) in [7, 11) is 0. The van der Waals surface area contributed by atoms with Crippen molar-refractivity contribution in [2.24, 2.45) is 5.84 Å². The zero-order chi connectivity index (χ0) is 5.70. The summed E-state index contributed by atoms with van der Waals surface area (Å²) in [4.78, 5) is 12.6. The van der Waals surface area contributed by atoms with E-state index >= 15 is 0 Å². The van der Waals surface area contributed by atoms with Crippen LogP contribution >= 0.6 is 0 Å². The van der Waals surface area contributed by atoms with E-state index in [1.807, 2.05) is 0 Å². The number of hydrogen-bond donors (Lipinski definition) is 3. The lowest BCUT2D eigenvalue weighted by molar-refractivity contribution is -0.779. The van der Waals surface area contributed by atoms with Gasteiger partial charge in [-0.3, -0.25) is 5.84 Å². The van der Waals surface area contributed by atoms with E-state index in [-0.39, 0.29) is 0 Å². The normalized spacial score (nSPS) is 8.14. The molecule has 0 radical (unpaired) electrons. The van der Waals surface area contributed by atoms with E-state index in [0.29, 0.717) is 0 Å². The number of rotatable bonds is 3. The molecule has 4 N–H and O–H groups in total. The summed E-state index contributed by atoms with van der Waals surface area (Å²) in [6, 6.07) is 0. The molecule has 0 spiro atoms. The molecule has 7 heteroatoms. The van der Waals surface area contributed by atoms with Gasteiger partial charge in [0.25, 0.3) is 0 Å². The Hall–Kier alpha value is -0.920. The lowest BCUT2D eigenvalue weighted by Gasteiger charge is -1.93. The van der Waals surface area contributed by atoms with Crippen LogP contribution in [0.2, 0.25) is 0 Å². The zero-order valence-electron chi connectivity index (χ0n) is 3.25. The van der Waals surface area contributed by atoms with Crippen molar-refractivity contribution in [3.8, 4) is 0 Å². The van der Waals surface area contributed by atoms with Crippen molar-refractivity contribution in [2.75, 3.05) is 0 Å². The van der Waals surface area contributed by atoms with Gasteiger partial charge in [-0.15, -0.1) is 10.1 Å². The van der Waals surface area contributed by atoms with E-state index in [4.69, 9.17) is 0 Å². The average Bonchev–Trinajstić information content (AvgIpc) is 1.61. The van der Waals surface area contributed by atoms with E-state index in [2.05, 4.69) is 10.8 Å². The van der Waals surface area contributed by atoms with Gasteiger partial charge in [0.2, 0.25) is 0 Å². The van der Waals surface area contributed by atoms with Gasteiger partial charge in [-0.1, -0.05) is 5.59 Å². The first-order valence-electron chi connectivity index (χ1n) is 1.29. The van der Waals surface area contributed by atoms with E-state index in [1.54, 1.807) is 11.1 Å². The Balaban J connectivity index is 2.82. The van der Waals surface area contributed by atoms with Crippen LogP contribution < -0.4 is 17.0 Å². The Kier molecular flexibility index (Phi) is 2.85. The van der Waals surface area contributed by atoms with Crippen LogP contribution in [0.1, 0.15) is 0 Å². The molecule has 0 atom stereocenters. The fourth-order valence-electron chi connectivity index (χ4n) is 0.0636. The minimum absolute atomic E-state index is 1.04. The van der Waals surface area contributed by atoms with Gasteiger partial charge in [0.05, 0.1) is 0 Å². The predicted octanol–water partition coefficient (Wildman–Crippen LogP) is -1.92. The van der Waals surface area contributed by atoms with Gasteiger partial charge in [0, 0.05) is 0 Å². The molecule has 0 rings (SSSR count). The van der Waals surface area contributed by atoms with Crippen LogP contribution in [0, 0.1) is 10.1 Å². The minimum Gasteiger partial charge on any atom is -0.256 e. The molecule has 0 saturated heterocycles. The maximum absolute atomic E-state index is 9.18. The highest BCUT2D eigenvalue weighted by Gasteiger charge is 1.86. The molecule has 0 saturated carbocycles. The quantitative estimate of drug-likeness (QED) is 0.221. The van der Waals surface area contributed by atoms with Crippen LogP contribution in [0.3, 0.4) is 0 Å². The van der Waals surface area contributed by atoms with Gasteiger partial charge in [-0.05, 0) is 0 Å². The Morgan fingerprint density at radius 1 is 1.86 bits per heavy atom. The fraction of sp³-hybridized carbons (Fsp3) is 0. The lowest BCUT2D eigenvalue weighted by atomic mass is 12.5. The number of nitrogens with zero attached hydrogens (tertiary/aromatic N) is 1. The molecule has 0 fully saturated rings. The van der Waals surface area contributed by atoms with Crippen LogP contribution in [0.5, 0.6) is 0 Å². The summed E-state index contributed by atoms with van der Waals surface area (Å²) in [6.07, 6.45) is 0. The van der Waals surface area contributed by atoms with Crippen LogP contribution in [-0.2, 0) is 4.94 Å². The third-order valence-electron chi connectivity index (χ3n) is 0.179. The zero-order valence-corrected chi connectivity index (χ0v) is 3.25. The van der Waals surface area contributed by atoms with Crippen molar-refractivity contribution >= 4 is 0 Å². The molecular formula is H4N4O3.